The molecular formula is C51H96O5. The van der Waals surface area contributed by atoms with E-state index in [4.69, 9.17) is 14.2 Å². The standard InChI is InChI=1S/C51H96O5/c1-4-7-10-13-16-19-22-24-25-26-27-28-30-32-35-38-41-44-50(52)55-48-49(47-54-46-43-40-37-34-31-23-20-17-14-11-8-5-2)56-51(53)45-42-39-36-33-29-21-18-15-12-9-6-3/h15,18,24-25,49H,4-14,16-17,19-23,26-48H2,1-3H3/b18-15-,25-24-. The van der Waals surface area contributed by atoms with Crippen molar-refractivity contribution >= 4 is 11.9 Å². The lowest BCUT2D eigenvalue weighted by molar-refractivity contribution is -0.163. The van der Waals surface area contributed by atoms with Crippen molar-refractivity contribution in [2.75, 3.05) is 19.8 Å². The van der Waals surface area contributed by atoms with Gasteiger partial charge in [0.2, 0.25) is 0 Å². The van der Waals surface area contributed by atoms with Gasteiger partial charge in [0.05, 0.1) is 6.61 Å². The van der Waals surface area contributed by atoms with Gasteiger partial charge in [-0.15, -0.1) is 0 Å². The van der Waals surface area contributed by atoms with Crippen LogP contribution in [0.2, 0.25) is 0 Å². The summed E-state index contributed by atoms with van der Waals surface area (Å²) in [6.07, 6.45) is 54.6. The lowest BCUT2D eigenvalue weighted by Gasteiger charge is -2.18. The van der Waals surface area contributed by atoms with Gasteiger partial charge in [-0.2, -0.15) is 0 Å². The largest absolute Gasteiger partial charge is 0.462 e. The molecule has 0 aromatic carbocycles. The van der Waals surface area contributed by atoms with Gasteiger partial charge >= 0.3 is 11.9 Å². The van der Waals surface area contributed by atoms with E-state index in [0.717, 1.165) is 44.9 Å². The Kier molecular flexibility index (Phi) is 46.4. The Hall–Kier alpha value is -1.62. The third-order valence-corrected chi connectivity index (χ3v) is 11.0. The van der Waals surface area contributed by atoms with Gasteiger partial charge in [-0.1, -0.05) is 212 Å². The second kappa shape index (κ2) is 47.8. The summed E-state index contributed by atoms with van der Waals surface area (Å²) in [4.78, 5) is 25.3. The first-order chi connectivity index (χ1) is 27.6. The van der Waals surface area contributed by atoms with Crippen LogP contribution in [0, 0.1) is 0 Å². The molecule has 0 aromatic heterocycles. The number of hydrogen-bond acceptors (Lipinski definition) is 5. The number of allylic oxidation sites excluding steroid dienone is 4. The smallest absolute Gasteiger partial charge is 0.306 e. The van der Waals surface area contributed by atoms with Gasteiger partial charge < -0.3 is 14.2 Å². The van der Waals surface area contributed by atoms with E-state index in [0.29, 0.717) is 19.4 Å². The third kappa shape index (κ3) is 45.1. The van der Waals surface area contributed by atoms with Crippen LogP contribution in [-0.4, -0.2) is 37.9 Å². The Morgan fingerprint density at radius 2 is 0.714 bits per heavy atom. The van der Waals surface area contributed by atoms with Crippen LogP contribution >= 0.6 is 0 Å². The summed E-state index contributed by atoms with van der Waals surface area (Å²) in [7, 11) is 0. The molecule has 330 valence electrons. The number of carbonyl (C=O) groups excluding carboxylic acids is 2. The highest BCUT2D eigenvalue weighted by molar-refractivity contribution is 5.70. The first-order valence-corrected chi connectivity index (χ1v) is 24.9. The molecule has 0 bridgehead atoms. The van der Waals surface area contributed by atoms with Crippen molar-refractivity contribution in [1.29, 1.82) is 0 Å². The Morgan fingerprint density at radius 3 is 1.14 bits per heavy atom. The van der Waals surface area contributed by atoms with E-state index in [1.165, 1.54) is 186 Å². The molecule has 0 aliphatic carbocycles. The average Bonchev–Trinajstić information content (AvgIpc) is 3.20. The van der Waals surface area contributed by atoms with E-state index in [2.05, 4.69) is 45.1 Å². The molecule has 0 heterocycles. The number of rotatable bonds is 46. The van der Waals surface area contributed by atoms with Crippen LogP contribution in [0.3, 0.4) is 0 Å². The molecule has 0 aliphatic rings. The molecule has 1 unspecified atom stereocenters. The molecule has 0 spiro atoms. The van der Waals surface area contributed by atoms with Gasteiger partial charge in [0.1, 0.15) is 6.61 Å². The zero-order valence-electron chi connectivity index (χ0n) is 37.9. The number of carbonyl (C=O) groups is 2. The summed E-state index contributed by atoms with van der Waals surface area (Å²) in [5.41, 5.74) is 0. The summed E-state index contributed by atoms with van der Waals surface area (Å²) in [5.74, 6) is -0.400. The number of unbranched alkanes of at least 4 members (excludes halogenated alkanes) is 31. The van der Waals surface area contributed by atoms with Gasteiger partial charge in [0.25, 0.3) is 0 Å². The minimum atomic E-state index is -0.534. The number of ether oxygens (including phenoxy) is 3. The Morgan fingerprint density at radius 1 is 0.375 bits per heavy atom. The maximum Gasteiger partial charge on any atom is 0.306 e. The van der Waals surface area contributed by atoms with Gasteiger partial charge in [-0.05, 0) is 64.2 Å². The highest BCUT2D eigenvalue weighted by Gasteiger charge is 2.17. The third-order valence-electron chi connectivity index (χ3n) is 11.0. The lowest BCUT2D eigenvalue weighted by Crippen LogP contribution is -2.30. The lowest BCUT2D eigenvalue weighted by atomic mass is 10.1. The molecule has 56 heavy (non-hydrogen) atoms. The zero-order chi connectivity index (χ0) is 40.7. The fourth-order valence-electron chi connectivity index (χ4n) is 7.19. The van der Waals surface area contributed by atoms with Gasteiger partial charge in [0.15, 0.2) is 6.10 Å². The van der Waals surface area contributed by atoms with E-state index in [9.17, 15) is 9.59 Å². The minimum Gasteiger partial charge on any atom is -0.462 e. The van der Waals surface area contributed by atoms with Crippen LogP contribution in [0.1, 0.15) is 265 Å². The Labute approximate surface area is 349 Å². The molecule has 0 radical (unpaired) electrons. The molecule has 0 aromatic rings. The molecule has 5 heteroatoms. The van der Waals surface area contributed by atoms with Crippen molar-refractivity contribution in [1.82, 2.24) is 0 Å². The summed E-state index contributed by atoms with van der Waals surface area (Å²) in [5, 5.41) is 0. The predicted molar refractivity (Wildman–Crippen MR) is 242 cm³/mol. The molecule has 1 atom stereocenters. The topological polar surface area (TPSA) is 61.8 Å². The first-order valence-electron chi connectivity index (χ1n) is 24.9. The van der Waals surface area contributed by atoms with Crippen molar-refractivity contribution in [3.05, 3.63) is 24.3 Å². The monoisotopic (exact) mass is 789 g/mol. The van der Waals surface area contributed by atoms with Crippen molar-refractivity contribution in [2.45, 2.75) is 271 Å². The summed E-state index contributed by atoms with van der Waals surface area (Å²) >= 11 is 0. The summed E-state index contributed by atoms with van der Waals surface area (Å²) in [6, 6.07) is 0. The van der Waals surface area contributed by atoms with Crippen molar-refractivity contribution < 1.29 is 23.8 Å². The van der Waals surface area contributed by atoms with E-state index in [1.54, 1.807) is 0 Å². The van der Waals surface area contributed by atoms with E-state index >= 15 is 0 Å². The number of hydrogen-bond donors (Lipinski definition) is 0. The molecular weight excluding hydrogens is 693 g/mol. The summed E-state index contributed by atoms with van der Waals surface area (Å²) < 4.78 is 17.3. The fourth-order valence-corrected chi connectivity index (χ4v) is 7.19. The molecule has 0 fully saturated rings. The molecule has 0 rings (SSSR count). The van der Waals surface area contributed by atoms with E-state index in [-0.39, 0.29) is 25.2 Å². The van der Waals surface area contributed by atoms with Gasteiger partial charge in [-0.25, -0.2) is 0 Å². The molecule has 0 saturated heterocycles. The van der Waals surface area contributed by atoms with Crippen LogP contribution in [0.4, 0.5) is 0 Å². The second-order valence-corrected chi connectivity index (χ2v) is 16.7. The molecule has 0 N–H and O–H groups in total. The molecule has 0 amide bonds. The number of esters is 2. The van der Waals surface area contributed by atoms with E-state index in [1.807, 2.05) is 0 Å². The maximum atomic E-state index is 12.7. The Bertz CT molecular complexity index is 851. The zero-order valence-corrected chi connectivity index (χ0v) is 37.9. The highest BCUT2D eigenvalue weighted by Crippen LogP contribution is 2.15. The minimum absolute atomic E-state index is 0.0855. The predicted octanol–water partition coefficient (Wildman–Crippen LogP) is 16.5. The molecule has 0 saturated carbocycles. The van der Waals surface area contributed by atoms with Crippen molar-refractivity contribution in [3.63, 3.8) is 0 Å². The normalized spacial score (nSPS) is 12.3. The van der Waals surface area contributed by atoms with Crippen LogP contribution in [-0.2, 0) is 23.8 Å². The van der Waals surface area contributed by atoms with Gasteiger partial charge in [-0.3, -0.25) is 9.59 Å². The highest BCUT2D eigenvalue weighted by atomic mass is 16.6. The van der Waals surface area contributed by atoms with Crippen molar-refractivity contribution in [3.8, 4) is 0 Å². The van der Waals surface area contributed by atoms with Crippen molar-refractivity contribution in [2.24, 2.45) is 0 Å². The van der Waals surface area contributed by atoms with Crippen LogP contribution in [0.25, 0.3) is 0 Å². The molecule has 0 aliphatic heterocycles. The fraction of sp³-hybridized carbons (Fsp3) is 0.882. The van der Waals surface area contributed by atoms with Crippen LogP contribution < -0.4 is 0 Å². The van der Waals surface area contributed by atoms with Crippen LogP contribution in [0.15, 0.2) is 24.3 Å². The second-order valence-electron chi connectivity index (χ2n) is 16.7. The molecule has 5 nitrogen and oxygen atoms in total. The first kappa shape index (κ1) is 54.4. The quantitative estimate of drug-likeness (QED) is 0.0349. The summed E-state index contributed by atoms with van der Waals surface area (Å²) in [6.45, 7) is 7.81. The maximum absolute atomic E-state index is 12.7. The Balaban J connectivity index is 4.19. The van der Waals surface area contributed by atoms with Crippen LogP contribution in [0.5, 0.6) is 0 Å². The van der Waals surface area contributed by atoms with E-state index < -0.39 is 6.10 Å². The average molecular weight is 789 g/mol. The van der Waals surface area contributed by atoms with Gasteiger partial charge in [0, 0.05) is 19.4 Å². The SMILES string of the molecule is CCCC/C=C\CCCCCCCC(=O)OC(COCCCCCCCCCCCCCC)COC(=O)CCCCCCCCC/C=C\CCCCCCCC.